The largest absolute Gasteiger partial charge is 0.326 e. The SMILES string of the molecule is O=C(Nc1cnn(-c2ccccn2)c1)c1cccc(NC(=O)C2CCCCC2)c1. The van der Waals surface area contributed by atoms with Crippen molar-refractivity contribution in [1.29, 1.82) is 0 Å². The molecule has 29 heavy (non-hydrogen) atoms. The molecule has 1 aliphatic rings. The molecule has 148 valence electrons. The normalized spacial score (nSPS) is 14.3. The number of nitrogens with zero attached hydrogens (tertiary/aromatic N) is 3. The van der Waals surface area contributed by atoms with E-state index in [0.29, 0.717) is 22.8 Å². The molecule has 4 rings (SSSR count). The van der Waals surface area contributed by atoms with Crippen molar-refractivity contribution in [1.82, 2.24) is 14.8 Å². The molecule has 1 saturated carbocycles. The fourth-order valence-corrected chi connectivity index (χ4v) is 3.55. The van der Waals surface area contributed by atoms with Gasteiger partial charge in [-0.1, -0.05) is 31.4 Å². The van der Waals surface area contributed by atoms with Gasteiger partial charge in [0.2, 0.25) is 5.91 Å². The minimum Gasteiger partial charge on any atom is -0.326 e. The lowest BCUT2D eigenvalue weighted by molar-refractivity contribution is -0.120. The van der Waals surface area contributed by atoms with E-state index in [4.69, 9.17) is 0 Å². The van der Waals surface area contributed by atoms with Crippen LogP contribution in [0.15, 0.2) is 61.1 Å². The lowest BCUT2D eigenvalue weighted by Crippen LogP contribution is -2.24. The summed E-state index contributed by atoms with van der Waals surface area (Å²) in [5.41, 5.74) is 1.67. The van der Waals surface area contributed by atoms with Crippen LogP contribution in [0.2, 0.25) is 0 Å². The monoisotopic (exact) mass is 389 g/mol. The Bertz CT molecular complexity index is 993. The molecule has 7 nitrogen and oxygen atoms in total. The van der Waals surface area contributed by atoms with Crippen molar-refractivity contribution >= 4 is 23.2 Å². The van der Waals surface area contributed by atoms with Crippen LogP contribution in [0.25, 0.3) is 5.82 Å². The highest BCUT2D eigenvalue weighted by atomic mass is 16.2. The molecular formula is C22H23N5O2. The smallest absolute Gasteiger partial charge is 0.255 e. The third kappa shape index (κ3) is 4.68. The van der Waals surface area contributed by atoms with Gasteiger partial charge in [-0.3, -0.25) is 9.59 Å². The van der Waals surface area contributed by atoms with E-state index in [0.717, 1.165) is 25.7 Å². The summed E-state index contributed by atoms with van der Waals surface area (Å²) in [7, 11) is 0. The summed E-state index contributed by atoms with van der Waals surface area (Å²) in [5.74, 6) is 0.511. The minimum atomic E-state index is -0.265. The number of pyridine rings is 1. The Balaban J connectivity index is 1.41. The van der Waals surface area contributed by atoms with Crippen molar-refractivity contribution < 1.29 is 9.59 Å². The van der Waals surface area contributed by atoms with Crippen LogP contribution in [0.4, 0.5) is 11.4 Å². The van der Waals surface area contributed by atoms with Gasteiger partial charge >= 0.3 is 0 Å². The molecule has 2 aromatic heterocycles. The third-order valence-corrected chi connectivity index (χ3v) is 5.09. The summed E-state index contributed by atoms with van der Waals surface area (Å²) in [4.78, 5) is 29.3. The van der Waals surface area contributed by atoms with Crippen molar-refractivity contribution in [3.05, 3.63) is 66.6 Å². The second-order valence-electron chi connectivity index (χ2n) is 7.22. The van der Waals surface area contributed by atoms with Crippen LogP contribution in [0.1, 0.15) is 42.5 Å². The number of hydrogen-bond donors (Lipinski definition) is 2. The van der Waals surface area contributed by atoms with Crippen LogP contribution in [-0.4, -0.2) is 26.6 Å². The van der Waals surface area contributed by atoms with Crippen LogP contribution >= 0.6 is 0 Å². The first-order chi connectivity index (χ1) is 14.2. The highest BCUT2D eigenvalue weighted by Crippen LogP contribution is 2.25. The molecule has 7 heteroatoms. The first kappa shape index (κ1) is 18.9. The average molecular weight is 389 g/mol. The van der Waals surface area contributed by atoms with Crippen molar-refractivity contribution in [2.45, 2.75) is 32.1 Å². The van der Waals surface area contributed by atoms with Crippen molar-refractivity contribution in [3.63, 3.8) is 0 Å². The topological polar surface area (TPSA) is 88.9 Å². The van der Waals surface area contributed by atoms with Gasteiger partial charge < -0.3 is 10.6 Å². The third-order valence-electron chi connectivity index (χ3n) is 5.09. The molecule has 2 N–H and O–H groups in total. The Kier molecular flexibility index (Phi) is 5.65. The van der Waals surface area contributed by atoms with E-state index in [9.17, 15) is 9.59 Å². The van der Waals surface area contributed by atoms with Gasteiger partial charge in [0.15, 0.2) is 5.82 Å². The van der Waals surface area contributed by atoms with Crippen LogP contribution in [-0.2, 0) is 4.79 Å². The van der Waals surface area contributed by atoms with E-state index in [1.165, 1.54) is 6.42 Å². The molecule has 1 fully saturated rings. The lowest BCUT2D eigenvalue weighted by Gasteiger charge is -2.20. The summed E-state index contributed by atoms with van der Waals surface area (Å²) >= 11 is 0. The second kappa shape index (κ2) is 8.68. The van der Waals surface area contributed by atoms with Gasteiger partial charge in [0.05, 0.1) is 18.1 Å². The number of amides is 2. The number of nitrogens with one attached hydrogen (secondary N) is 2. The van der Waals surface area contributed by atoms with E-state index >= 15 is 0 Å². The minimum absolute atomic E-state index is 0.0406. The van der Waals surface area contributed by atoms with Crippen molar-refractivity contribution in [2.24, 2.45) is 5.92 Å². The number of benzene rings is 1. The number of carbonyl (C=O) groups is 2. The maximum absolute atomic E-state index is 12.6. The number of aromatic nitrogens is 3. The van der Waals surface area contributed by atoms with Crippen molar-refractivity contribution in [2.75, 3.05) is 10.6 Å². The zero-order valence-electron chi connectivity index (χ0n) is 16.0. The highest BCUT2D eigenvalue weighted by molar-refractivity contribution is 6.05. The Morgan fingerprint density at radius 2 is 1.83 bits per heavy atom. The Morgan fingerprint density at radius 1 is 0.966 bits per heavy atom. The molecule has 0 spiro atoms. The molecule has 0 radical (unpaired) electrons. The molecule has 3 aromatic rings. The van der Waals surface area contributed by atoms with E-state index in [1.807, 2.05) is 18.2 Å². The van der Waals surface area contributed by atoms with E-state index in [2.05, 4.69) is 20.7 Å². The Labute approximate surface area is 169 Å². The van der Waals surface area contributed by atoms with Gasteiger partial charge in [-0.2, -0.15) is 5.10 Å². The average Bonchev–Trinajstić information content (AvgIpc) is 3.23. The van der Waals surface area contributed by atoms with Crippen molar-refractivity contribution in [3.8, 4) is 5.82 Å². The lowest BCUT2D eigenvalue weighted by atomic mass is 9.88. The van der Waals surface area contributed by atoms with Gasteiger partial charge in [-0.25, -0.2) is 9.67 Å². The number of carbonyl (C=O) groups excluding carboxylic acids is 2. The number of hydrogen-bond acceptors (Lipinski definition) is 4. The summed E-state index contributed by atoms with van der Waals surface area (Å²) in [6, 6.07) is 12.5. The first-order valence-corrected chi connectivity index (χ1v) is 9.87. The van der Waals surface area contributed by atoms with Gasteiger partial charge in [0, 0.05) is 23.4 Å². The summed E-state index contributed by atoms with van der Waals surface area (Å²) in [5, 5.41) is 10.0. The fourth-order valence-electron chi connectivity index (χ4n) is 3.55. The zero-order valence-corrected chi connectivity index (χ0v) is 16.0. The van der Waals surface area contributed by atoms with Crippen LogP contribution < -0.4 is 10.6 Å². The number of rotatable bonds is 5. The predicted octanol–water partition coefficient (Wildman–Crippen LogP) is 4.04. The highest BCUT2D eigenvalue weighted by Gasteiger charge is 2.21. The summed E-state index contributed by atoms with van der Waals surface area (Å²) < 4.78 is 1.59. The molecule has 0 saturated heterocycles. The van der Waals surface area contributed by atoms with E-state index < -0.39 is 0 Å². The van der Waals surface area contributed by atoms with Gasteiger partial charge in [-0.05, 0) is 43.2 Å². The fraction of sp³-hybridized carbons (Fsp3) is 0.273. The zero-order chi connectivity index (χ0) is 20.1. The molecule has 1 aliphatic carbocycles. The van der Waals surface area contributed by atoms with Gasteiger partial charge in [-0.15, -0.1) is 0 Å². The molecule has 2 amide bonds. The standard InChI is InChI=1S/C22H23N5O2/c28-21(16-7-2-1-3-8-16)25-18-10-6-9-17(13-18)22(29)26-19-14-24-27(15-19)20-11-4-5-12-23-20/h4-6,9-16H,1-3,7-8H2,(H,25,28)(H,26,29). The molecule has 2 heterocycles. The molecule has 0 unspecified atom stereocenters. The van der Waals surface area contributed by atoms with E-state index in [-0.39, 0.29) is 17.7 Å². The predicted molar refractivity (Wildman–Crippen MR) is 111 cm³/mol. The molecule has 0 atom stereocenters. The molecular weight excluding hydrogens is 366 g/mol. The van der Waals surface area contributed by atoms with Gasteiger partial charge in [0.1, 0.15) is 0 Å². The summed E-state index contributed by atoms with van der Waals surface area (Å²) in [6.07, 6.45) is 10.2. The maximum Gasteiger partial charge on any atom is 0.255 e. The Hall–Kier alpha value is -3.48. The molecule has 0 aliphatic heterocycles. The van der Waals surface area contributed by atoms with Crippen LogP contribution in [0.5, 0.6) is 0 Å². The van der Waals surface area contributed by atoms with Crippen LogP contribution in [0.3, 0.4) is 0 Å². The molecule has 0 bridgehead atoms. The van der Waals surface area contributed by atoms with Crippen LogP contribution in [0, 0.1) is 5.92 Å². The number of anilines is 2. The first-order valence-electron chi connectivity index (χ1n) is 9.87. The van der Waals surface area contributed by atoms with Gasteiger partial charge in [0.25, 0.3) is 5.91 Å². The Morgan fingerprint density at radius 3 is 2.62 bits per heavy atom. The quantitative estimate of drug-likeness (QED) is 0.689. The van der Waals surface area contributed by atoms with E-state index in [1.54, 1.807) is 47.5 Å². The maximum atomic E-state index is 12.6. The summed E-state index contributed by atoms with van der Waals surface area (Å²) in [6.45, 7) is 0. The molecule has 1 aromatic carbocycles. The second-order valence-corrected chi connectivity index (χ2v) is 7.22.